The quantitative estimate of drug-likeness (QED) is 0.246. The molecule has 0 saturated carbocycles. The molecule has 0 unspecified atom stereocenters. The fraction of sp³-hybridized carbons (Fsp3) is 0.429. The Labute approximate surface area is 218 Å². The first-order valence-electron chi connectivity index (χ1n) is 13.0. The highest BCUT2D eigenvalue weighted by molar-refractivity contribution is 5.25. The number of benzene rings is 2. The molecule has 200 valence electrons. The van der Waals surface area contributed by atoms with Gasteiger partial charge >= 0.3 is 0 Å². The molecule has 10 heteroatoms. The second kappa shape index (κ2) is 11.0. The molecule has 0 amide bonds. The molecular weight excluding hydrogens is 496 g/mol. The smallest absolute Gasteiger partial charge is 0.185 e. The summed E-state index contributed by atoms with van der Waals surface area (Å²) in [5, 5.41) is 8.32. The summed E-state index contributed by atoms with van der Waals surface area (Å²) in [5.74, 6) is 0.696. The predicted octanol–water partition coefficient (Wildman–Crippen LogP) is 7.40. The van der Waals surface area contributed by atoms with Crippen LogP contribution in [0.5, 0.6) is 0 Å². The lowest BCUT2D eigenvalue weighted by atomic mass is 10.0. The van der Waals surface area contributed by atoms with Gasteiger partial charge < -0.3 is 0 Å². The van der Waals surface area contributed by atoms with Crippen molar-refractivity contribution in [3.63, 3.8) is 0 Å². The summed E-state index contributed by atoms with van der Waals surface area (Å²) in [4.78, 5) is 8.04. The minimum atomic E-state index is -1.22. The molecule has 6 atom stereocenters. The van der Waals surface area contributed by atoms with Crippen molar-refractivity contribution in [2.24, 2.45) is 0 Å². The van der Waals surface area contributed by atoms with E-state index in [0.717, 1.165) is 11.1 Å². The highest BCUT2D eigenvalue weighted by atomic mass is 19.1. The lowest BCUT2D eigenvalue weighted by Crippen LogP contribution is -2.08. The molecule has 2 aliphatic heterocycles. The summed E-state index contributed by atoms with van der Waals surface area (Å²) in [6.45, 7) is 3.44. The van der Waals surface area contributed by atoms with E-state index in [9.17, 15) is 17.6 Å². The Kier molecular flexibility index (Phi) is 7.58. The van der Waals surface area contributed by atoms with Gasteiger partial charge in [0.2, 0.25) is 0 Å². The Bertz CT molecular complexity index is 1240. The van der Waals surface area contributed by atoms with Crippen molar-refractivity contribution in [1.29, 1.82) is 0 Å². The topological polar surface area (TPSA) is 61.4 Å². The Morgan fingerprint density at radius 1 is 0.684 bits per heavy atom. The molecular formula is C28H30F4N6. The van der Waals surface area contributed by atoms with Crippen molar-refractivity contribution in [3.05, 3.63) is 95.1 Å². The first kappa shape index (κ1) is 26.1. The van der Waals surface area contributed by atoms with Crippen LogP contribution in [0.3, 0.4) is 0 Å². The van der Waals surface area contributed by atoms with Crippen molar-refractivity contribution in [1.82, 2.24) is 29.5 Å². The number of halogens is 4. The highest BCUT2D eigenvalue weighted by Crippen LogP contribution is 2.41. The van der Waals surface area contributed by atoms with Gasteiger partial charge in [0.05, 0.1) is 12.1 Å². The van der Waals surface area contributed by atoms with Crippen LogP contribution >= 0.6 is 0 Å². The molecule has 0 fully saturated rings. The molecule has 0 aliphatic carbocycles. The van der Waals surface area contributed by atoms with Crippen LogP contribution in [0.2, 0.25) is 0 Å². The Balaban J connectivity index is 0.000000155. The molecule has 4 aromatic rings. The summed E-state index contributed by atoms with van der Waals surface area (Å²) in [7, 11) is 0. The lowest BCUT2D eigenvalue weighted by Gasteiger charge is -2.11. The zero-order chi connectivity index (χ0) is 26.8. The summed E-state index contributed by atoms with van der Waals surface area (Å²) < 4.78 is 58.3. The lowest BCUT2D eigenvalue weighted by molar-refractivity contribution is 0.304. The second-order valence-corrected chi connectivity index (χ2v) is 9.56. The molecule has 6 nitrogen and oxygen atoms in total. The van der Waals surface area contributed by atoms with E-state index >= 15 is 0 Å². The predicted molar refractivity (Wildman–Crippen MR) is 134 cm³/mol. The van der Waals surface area contributed by atoms with Crippen LogP contribution in [0.1, 0.15) is 111 Å². The monoisotopic (exact) mass is 526 g/mol. The van der Waals surface area contributed by atoms with E-state index in [1.165, 1.54) is 9.36 Å². The van der Waals surface area contributed by atoms with Gasteiger partial charge in [0, 0.05) is 12.8 Å². The molecule has 0 radical (unpaired) electrons. The van der Waals surface area contributed by atoms with Crippen LogP contribution in [-0.2, 0) is 0 Å². The average molecular weight is 527 g/mol. The minimum Gasteiger partial charge on any atom is -0.239 e. The molecule has 4 heterocycles. The van der Waals surface area contributed by atoms with E-state index in [0.29, 0.717) is 25.7 Å². The standard InChI is InChI=1S/2C14H15F2N3/c2*1-2-10(15)13-17-14-11(16)8-12(19(14)18-13)9-6-4-3-5-7-9/h2*3-7,10-12H,2,8H2,1H3/t10-,11+,12+;10-,11-,12-/m10/s1. The Hall–Kier alpha value is -3.56. The van der Waals surface area contributed by atoms with E-state index in [2.05, 4.69) is 20.2 Å². The van der Waals surface area contributed by atoms with Crippen molar-refractivity contribution < 1.29 is 17.6 Å². The van der Waals surface area contributed by atoms with Crippen LogP contribution in [0, 0.1) is 0 Å². The SMILES string of the molecule is CC[C@@H](F)c1nc2n(n1)[C@H](c1ccccc1)C[C@@H]2F.CC[C@H](F)c1nc2n(n1)[C@H](c1ccccc1)C[C@@H]2F. The number of aromatic nitrogens is 6. The van der Waals surface area contributed by atoms with Gasteiger partial charge in [0.1, 0.15) is 0 Å². The zero-order valence-corrected chi connectivity index (χ0v) is 21.3. The molecule has 2 aromatic carbocycles. The number of rotatable bonds is 6. The minimum absolute atomic E-state index is 0.0979. The third kappa shape index (κ3) is 4.96. The molecule has 0 N–H and O–H groups in total. The molecule has 2 aromatic heterocycles. The van der Waals surface area contributed by atoms with Gasteiger partial charge in [-0.1, -0.05) is 74.5 Å². The molecule has 0 bridgehead atoms. The Morgan fingerprint density at radius 2 is 1.05 bits per heavy atom. The molecule has 6 rings (SSSR count). The third-order valence-corrected chi connectivity index (χ3v) is 7.01. The number of hydrogen-bond acceptors (Lipinski definition) is 4. The van der Waals surface area contributed by atoms with Crippen molar-refractivity contribution in [2.45, 2.75) is 76.3 Å². The van der Waals surface area contributed by atoms with Crippen molar-refractivity contribution in [3.8, 4) is 0 Å². The number of fused-ring (bicyclic) bond motifs is 2. The van der Waals surface area contributed by atoms with Crippen molar-refractivity contribution >= 4 is 0 Å². The Morgan fingerprint density at radius 3 is 1.39 bits per heavy atom. The molecule has 0 spiro atoms. The van der Waals surface area contributed by atoms with Crippen LogP contribution in [-0.4, -0.2) is 29.5 Å². The highest BCUT2D eigenvalue weighted by Gasteiger charge is 2.37. The summed E-state index contributed by atoms with van der Waals surface area (Å²) in [6, 6.07) is 18.8. The maximum Gasteiger partial charge on any atom is 0.185 e. The number of alkyl halides is 4. The third-order valence-electron chi connectivity index (χ3n) is 7.01. The maximum atomic E-state index is 14.0. The van der Waals surface area contributed by atoms with Gasteiger partial charge in [-0.3, -0.25) is 0 Å². The summed E-state index contributed by atoms with van der Waals surface area (Å²) in [5.41, 5.74) is 1.96. The first-order chi connectivity index (χ1) is 18.4. The molecule has 38 heavy (non-hydrogen) atoms. The normalized spacial score (nSPS) is 23.3. The molecule has 2 aliphatic rings. The van der Waals surface area contributed by atoms with Gasteiger partial charge in [0.15, 0.2) is 48.0 Å². The fourth-order valence-corrected chi connectivity index (χ4v) is 4.93. The number of nitrogens with zero attached hydrogens (tertiary/aromatic N) is 6. The maximum absolute atomic E-state index is 14.0. The van der Waals surface area contributed by atoms with E-state index < -0.39 is 24.7 Å². The van der Waals surface area contributed by atoms with Gasteiger partial charge in [0.25, 0.3) is 0 Å². The van der Waals surface area contributed by atoms with Crippen LogP contribution in [0.4, 0.5) is 17.6 Å². The van der Waals surface area contributed by atoms with Gasteiger partial charge in [-0.15, -0.1) is 0 Å². The van der Waals surface area contributed by atoms with Crippen LogP contribution in [0.25, 0.3) is 0 Å². The average Bonchev–Trinajstić information content (AvgIpc) is 3.72. The molecule has 0 saturated heterocycles. The largest absolute Gasteiger partial charge is 0.239 e. The van der Waals surface area contributed by atoms with E-state index in [1.54, 1.807) is 13.8 Å². The van der Waals surface area contributed by atoms with E-state index in [4.69, 9.17) is 0 Å². The fourth-order valence-electron chi connectivity index (χ4n) is 4.93. The summed E-state index contributed by atoms with van der Waals surface area (Å²) >= 11 is 0. The van der Waals surface area contributed by atoms with Crippen LogP contribution in [0.15, 0.2) is 60.7 Å². The van der Waals surface area contributed by atoms with Gasteiger partial charge in [-0.25, -0.2) is 36.9 Å². The second-order valence-electron chi connectivity index (χ2n) is 9.56. The number of hydrogen-bond donors (Lipinski definition) is 0. The van der Waals surface area contributed by atoms with Gasteiger partial charge in [-0.2, -0.15) is 10.2 Å². The zero-order valence-electron chi connectivity index (χ0n) is 21.3. The summed E-state index contributed by atoms with van der Waals surface area (Å²) in [6.07, 6.45) is -3.53. The van der Waals surface area contributed by atoms with E-state index in [-0.39, 0.29) is 35.4 Å². The van der Waals surface area contributed by atoms with Crippen molar-refractivity contribution in [2.75, 3.05) is 0 Å². The van der Waals surface area contributed by atoms with Crippen LogP contribution < -0.4 is 0 Å². The van der Waals surface area contributed by atoms with E-state index in [1.807, 2.05) is 60.7 Å². The first-order valence-corrected chi connectivity index (χ1v) is 13.0. The van der Waals surface area contributed by atoms with Gasteiger partial charge in [-0.05, 0) is 24.0 Å².